The van der Waals surface area contributed by atoms with Gasteiger partial charge < -0.3 is 5.73 Å². The Morgan fingerprint density at radius 2 is 2.31 bits per heavy atom. The van der Waals surface area contributed by atoms with E-state index in [9.17, 15) is 4.79 Å². The van der Waals surface area contributed by atoms with Crippen LogP contribution in [0.5, 0.6) is 0 Å². The van der Waals surface area contributed by atoms with E-state index in [0.717, 1.165) is 5.56 Å². The van der Waals surface area contributed by atoms with Crippen molar-refractivity contribution in [3.63, 3.8) is 0 Å². The summed E-state index contributed by atoms with van der Waals surface area (Å²) >= 11 is 0. The van der Waals surface area contributed by atoms with Crippen LogP contribution in [0.25, 0.3) is 0 Å². The summed E-state index contributed by atoms with van der Waals surface area (Å²) in [5, 5.41) is 15.2. The van der Waals surface area contributed by atoms with E-state index < -0.39 is 0 Å². The molecule has 1 amide bonds. The maximum atomic E-state index is 11.8. The minimum atomic E-state index is -0.339. The Hall–Kier alpha value is -2.44. The van der Waals surface area contributed by atoms with E-state index in [1.165, 1.54) is 0 Å². The molecule has 0 saturated carbocycles. The van der Waals surface area contributed by atoms with Crippen LogP contribution in [-0.4, -0.2) is 26.5 Å². The van der Waals surface area contributed by atoms with Crippen molar-refractivity contribution >= 4 is 17.5 Å². The first-order chi connectivity index (χ1) is 7.68. The summed E-state index contributed by atoms with van der Waals surface area (Å²) in [6.45, 7) is 1.81. The molecule has 0 aliphatic heterocycles. The van der Waals surface area contributed by atoms with E-state index in [1.807, 2.05) is 13.0 Å². The molecule has 1 aromatic heterocycles. The van der Waals surface area contributed by atoms with Gasteiger partial charge in [0.2, 0.25) is 5.95 Å². The molecule has 7 heteroatoms. The second-order valence-electron chi connectivity index (χ2n) is 3.24. The molecule has 7 nitrogen and oxygen atoms in total. The number of nitrogen functional groups attached to an aromatic ring is 1. The molecule has 0 aliphatic rings. The number of hydrogen-bond acceptors (Lipinski definition) is 5. The fraction of sp³-hybridized carbons (Fsp3) is 0.111. The summed E-state index contributed by atoms with van der Waals surface area (Å²) in [6.07, 6.45) is 0. The molecule has 1 heterocycles. The molecule has 0 spiro atoms. The monoisotopic (exact) mass is 218 g/mol. The number of aromatic nitrogens is 4. The van der Waals surface area contributed by atoms with Gasteiger partial charge in [-0.2, -0.15) is 0 Å². The van der Waals surface area contributed by atoms with Crippen LogP contribution < -0.4 is 11.1 Å². The van der Waals surface area contributed by atoms with Gasteiger partial charge in [0.25, 0.3) is 5.91 Å². The lowest BCUT2D eigenvalue weighted by Gasteiger charge is -2.07. The minimum absolute atomic E-state index is 0.188. The second-order valence-corrected chi connectivity index (χ2v) is 3.24. The molecular weight excluding hydrogens is 208 g/mol. The van der Waals surface area contributed by atoms with Crippen molar-refractivity contribution in [3.8, 4) is 0 Å². The fourth-order valence-corrected chi connectivity index (χ4v) is 1.38. The lowest BCUT2D eigenvalue weighted by molar-refractivity contribution is 0.102. The number of rotatable bonds is 2. The van der Waals surface area contributed by atoms with Crippen molar-refractivity contribution in [1.82, 2.24) is 20.6 Å². The Balaban J connectivity index is 2.28. The average molecular weight is 218 g/mol. The number of carbonyl (C=O) groups excluding carboxylic acids is 1. The molecule has 0 radical (unpaired) electrons. The summed E-state index contributed by atoms with van der Waals surface area (Å²) < 4.78 is 0. The predicted molar refractivity (Wildman–Crippen MR) is 57.7 cm³/mol. The number of aryl methyl sites for hydroxylation is 1. The molecule has 4 N–H and O–H groups in total. The zero-order chi connectivity index (χ0) is 11.5. The van der Waals surface area contributed by atoms with Gasteiger partial charge in [0.15, 0.2) is 0 Å². The first-order valence-electron chi connectivity index (χ1n) is 4.58. The maximum absolute atomic E-state index is 11.8. The molecule has 0 fully saturated rings. The van der Waals surface area contributed by atoms with E-state index in [-0.39, 0.29) is 11.9 Å². The lowest BCUT2D eigenvalue weighted by atomic mass is 10.1. The van der Waals surface area contributed by atoms with Crippen molar-refractivity contribution in [2.45, 2.75) is 6.92 Å². The number of nitrogens with two attached hydrogens (primary N) is 1. The summed E-state index contributed by atoms with van der Waals surface area (Å²) in [7, 11) is 0. The van der Waals surface area contributed by atoms with Crippen LogP contribution >= 0.6 is 0 Å². The highest BCUT2D eigenvalue weighted by Gasteiger charge is 2.13. The molecule has 0 bridgehead atoms. The van der Waals surface area contributed by atoms with Crippen LogP contribution in [-0.2, 0) is 0 Å². The quantitative estimate of drug-likeness (QED) is 0.630. The van der Waals surface area contributed by atoms with Crippen molar-refractivity contribution in [2.75, 3.05) is 11.1 Å². The Kier molecular flexibility index (Phi) is 2.50. The van der Waals surface area contributed by atoms with Crippen LogP contribution in [0.3, 0.4) is 0 Å². The second kappa shape index (κ2) is 3.97. The minimum Gasteiger partial charge on any atom is -0.398 e. The summed E-state index contributed by atoms with van der Waals surface area (Å²) in [5.41, 5.74) is 7.38. The van der Waals surface area contributed by atoms with Crippen molar-refractivity contribution < 1.29 is 4.79 Å². The molecule has 82 valence electrons. The SMILES string of the molecule is Cc1cccc(N)c1C(=O)Nc1nnn[nH]1. The molecule has 0 atom stereocenters. The van der Waals surface area contributed by atoms with Gasteiger partial charge in [-0.3, -0.25) is 10.1 Å². The Morgan fingerprint density at radius 3 is 2.94 bits per heavy atom. The summed E-state index contributed by atoms with van der Waals surface area (Å²) in [4.78, 5) is 11.8. The highest BCUT2D eigenvalue weighted by atomic mass is 16.1. The molecule has 16 heavy (non-hydrogen) atoms. The Morgan fingerprint density at radius 1 is 1.50 bits per heavy atom. The molecule has 1 aromatic carbocycles. The number of benzene rings is 1. The number of H-pyrrole nitrogens is 1. The van der Waals surface area contributed by atoms with Gasteiger partial charge in [0.05, 0.1) is 5.56 Å². The number of tetrazole rings is 1. The molecule has 2 aromatic rings. The highest BCUT2D eigenvalue weighted by Crippen LogP contribution is 2.16. The van der Waals surface area contributed by atoms with E-state index in [0.29, 0.717) is 11.3 Å². The number of anilines is 2. The third-order valence-electron chi connectivity index (χ3n) is 2.11. The smallest absolute Gasteiger partial charge is 0.260 e. The first-order valence-corrected chi connectivity index (χ1v) is 4.58. The number of nitrogens with one attached hydrogen (secondary N) is 2. The lowest BCUT2D eigenvalue weighted by Crippen LogP contribution is -2.16. The van der Waals surface area contributed by atoms with Crippen LogP contribution in [0.4, 0.5) is 11.6 Å². The fourth-order valence-electron chi connectivity index (χ4n) is 1.38. The molecule has 0 unspecified atom stereocenters. The van der Waals surface area contributed by atoms with Crippen molar-refractivity contribution in [3.05, 3.63) is 29.3 Å². The highest BCUT2D eigenvalue weighted by molar-refractivity contribution is 6.07. The normalized spacial score (nSPS) is 10.1. The van der Waals surface area contributed by atoms with Crippen molar-refractivity contribution in [1.29, 1.82) is 0 Å². The predicted octanol–water partition coefficient (Wildman–Crippen LogP) is 0.343. The number of hydrogen-bond donors (Lipinski definition) is 3. The number of carbonyl (C=O) groups is 1. The van der Waals surface area contributed by atoms with Crippen LogP contribution in [0.15, 0.2) is 18.2 Å². The van der Waals surface area contributed by atoms with Gasteiger partial charge in [-0.05, 0) is 29.0 Å². The standard InChI is InChI=1S/C9H10N6O/c1-5-3-2-4-6(10)7(5)8(16)11-9-12-14-15-13-9/h2-4H,10H2,1H3,(H2,11,12,13,14,15,16). The number of nitrogens with zero attached hydrogens (tertiary/aromatic N) is 3. The van der Waals surface area contributed by atoms with Crippen LogP contribution in [0.2, 0.25) is 0 Å². The zero-order valence-electron chi connectivity index (χ0n) is 8.56. The Labute approximate surface area is 91.0 Å². The first kappa shape index (κ1) is 10.1. The van der Waals surface area contributed by atoms with E-state index in [2.05, 4.69) is 25.9 Å². The summed E-state index contributed by atoms with van der Waals surface area (Å²) in [6, 6.07) is 5.27. The maximum Gasteiger partial charge on any atom is 0.260 e. The topological polar surface area (TPSA) is 110 Å². The van der Waals surface area contributed by atoms with E-state index >= 15 is 0 Å². The molecule has 0 aliphatic carbocycles. The van der Waals surface area contributed by atoms with Crippen LogP contribution in [0, 0.1) is 6.92 Å². The third-order valence-corrected chi connectivity index (χ3v) is 2.11. The van der Waals surface area contributed by atoms with Gasteiger partial charge in [-0.15, -0.1) is 0 Å². The largest absolute Gasteiger partial charge is 0.398 e. The Bertz CT molecular complexity index is 486. The zero-order valence-corrected chi connectivity index (χ0v) is 8.56. The van der Waals surface area contributed by atoms with Crippen molar-refractivity contribution in [2.24, 2.45) is 0 Å². The number of aromatic amines is 1. The van der Waals surface area contributed by atoms with Gasteiger partial charge in [-0.1, -0.05) is 17.2 Å². The number of amides is 1. The van der Waals surface area contributed by atoms with Gasteiger partial charge >= 0.3 is 0 Å². The molecular formula is C9H10N6O. The van der Waals surface area contributed by atoms with Gasteiger partial charge in [-0.25, -0.2) is 5.10 Å². The van der Waals surface area contributed by atoms with E-state index in [4.69, 9.17) is 5.73 Å². The molecule has 0 saturated heterocycles. The average Bonchev–Trinajstić information content (AvgIpc) is 2.70. The summed E-state index contributed by atoms with van der Waals surface area (Å²) in [5.74, 6) is -0.151. The van der Waals surface area contributed by atoms with Crippen LogP contribution in [0.1, 0.15) is 15.9 Å². The van der Waals surface area contributed by atoms with Gasteiger partial charge in [0.1, 0.15) is 0 Å². The van der Waals surface area contributed by atoms with E-state index in [1.54, 1.807) is 12.1 Å². The third kappa shape index (κ3) is 1.83. The van der Waals surface area contributed by atoms with Gasteiger partial charge in [0, 0.05) is 5.69 Å². The molecule has 2 rings (SSSR count).